The Kier molecular flexibility index (Phi) is 4.55. The predicted octanol–water partition coefficient (Wildman–Crippen LogP) is 1.09. The fraction of sp³-hybridized carbons (Fsp3) is 0.923. The van der Waals surface area contributed by atoms with E-state index < -0.39 is 5.60 Å². The first-order valence-corrected chi connectivity index (χ1v) is 6.63. The van der Waals surface area contributed by atoms with Gasteiger partial charge in [-0.3, -0.25) is 4.79 Å². The maximum atomic E-state index is 12.0. The van der Waals surface area contributed by atoms with Crippen LogP contribution in [0.5, 0.6) is 0 Å². The number of fused-ring (bicyclic) bond motifs is 2. The fourth-order valence-electron chi connectivity index (χ4n) is 2.76. The van der Waals surface area contributed by atoms with Crippen LogP contribution >= 0.6 is 0 Å². The Hall–Kier alpha value is -0.610. The van der Waals surface area contributed by atoms with Crippen molar-refractivity contribution in [2.24, 2.45) is 0 Å². The van der Waals surface area contributed by atoms with E-state index in [1.165, 1.54) is 0 Å². The third-order valence-corrected chi connectivity index (χ3v) is 3.42. The summed E-state index contributed by atoms with van der Waals surface area (Å²) in [6.45, 7) is 9.04. The molecule has 2 atom stereocenters. The average molecular weight is 242 g/mol. The van der Waals surface area contributed by atoms with Crippen molar-refractivity contribution in [2.75, 3.05) is 20.1 Å². The van der Waals surface area contributed by atoms with Crippen LogP contribution in [0.4, 0.5) is 0 Å². The molecule has 2 fully saturated rings. The van der Waals surface area contributed by atoms with Crippen LogP contribution in [0.1, 0.15) is 40.5 Å². The van der Waals surface area contributed by atoms with Crippen LogP contribution in [0.2, 0.25) is 0 Å². The van der Waals surface area contributed by atoms with Crippen molar-refractivity contribution in [3.63, 3.8) is 0 Å². The van der Waals surface area contributed by atoms with Crippen molar-refractivity contribution in [3.8, 4) is 0 Å². The molecule has 2 unspecified atom stereocenters. The van der Waals surface area contributed by atoms with Crippen LogP contribution in [-0.4, -0.2) is 58.6 Å². The second-order valence-electron chi connectivity index (χ2n) is 5.38. The van der Waals surface area contributed by atoms with E-state index >= 15 is 0 Å². The van der Waals surface area contributed by atoms with Crippen LogP contribution in [-0.2, 0) is 4.79 Å². The zero-order valence-electron chi connectivity index (χ0n) is 11.7. The van der Waals surface area contributed by atoms with E-state index in [0.717, 1.165) is 25.9 Å². The quantitative estimate of drug-likeness (QED) is 0.748. The summed E-state index contributed by atoms with van der Waals surface area (Å²) < 4.78 is 0. The lowest BCUT2D eigenvalue weighted by atomic mass is 10.1. The van der Waals surface area contributed by atoms with Crippen LogP contribution in [0.15, 0.2) is 0 Å². The number of piperazine rings is 1. The maximum absolute atomic E-state index is 12.0. The number of likely N-dealkylation sites (tertiary alicyclic amines) is 1. The molecular weight excluding hydrogens is 216 g/mol. The van der Waals surface area contributed by atoms with Crippen LogP contribution in [0.3, 0.4) is 0 Å². The van der Waals surface area contributed by atoms with Crippen molar-refractivity contribution in [1.29, 1.82) is 0 Å². The summed E-state index contributed by atoms with van der Waals surface area (Å²) in [5.41, 5.74) is -1.23. The van der Waals surface area contributed by atoms with Gasteiger partial charge >= 0.3 is 0 Å². The molecule has 2 saturated heterocycles. The maximum Gasteiger partial charge on any atom is 0.254 e. The highest BCUT2D eigenvalue weighted by molar-refractivity contribution is 5.85. The van der Waals surface area contributed by atoms with Crippen LogP contribution < -0.4 is 0 Å². The minimum atomic E-state index is -1.23. The van der Waals surface area contributed by atoms with E-state index in [2.05, 4.69) is 11.9 Å². The molecule has 2 rings (SSSR count). The normalized spacial score (nSPS) is 28.7. The molecule has 0 aromatic heterocycles. The molecular formula is C13H26N2O2. The molecule has 4 nitrogen and oxygen atoms in total. The summed E-state index contributed by atoms with van der Waals surface area (Å²) in [6.07, 6.45) is 2.16. The van der Waals surface area contributed by atoms with Crippen LogP contribution in [0, 0.1) is 0 Å². The van der Waals surface area contributed by atoms with E-state index in [-0.39, 0.29) is 5.91 Å². The third-order valence-electron chi connectivity index (χ3n) is 3.42. The Bertz CT molecular complexity index is 259. The molecule has 0 aromatic rings. The molecule has 1 N–H and O–H groups in total. The fourth-order valence-corrected chi connectivity index (χ4v) is 2.76. The Labute approximate surface area is 105 Å². The van der Waals surface area contributed by atoms with Gasteiger partial charge in [0.2, 0.25) is 0 Å². The van der Waals surface area contributed by atoms with E-state index in [9.17, 15) is 9.90 Å². The molecule has 0 aliphatic carbocycles. The molecule has 2 heterocycles. The Morgan fingerprint density at radius 2 is 1.59 bits per heavy atom. The summed E-state index contributed by atoms with van der Waals surface area (Å²) in [4.78, 5) is 16.2. The highest BCUT2D eigenvalue weighted by Gasteiger charge is 2.45. The molecule has 4 heteroatoms. The Morgan fingerprint density at radius 3 is 1.94 bits per heavy atom. The van der Waals surface area contributed by atoms with Gasteiger partial charge in [0, 0.05) is 25.2 Å². The number of rotatable bonds is 1. The number of carbonyl (C=O) groups is 1. The molecule has 2 aliphatic heterocycles. The van der Waals surface area contributed by atoms with Gasteiger partial charge < -0.3 is 14.9 Å². The lowest BCUT2D eigenvalue weighted by Crippen LogP contribution is -2.59. The first kappa shape index (κ1) is 14.5. The van der Waals surface area contributed by atoms with Crippen molar-refractivity contribution in [3.05, 3.63) is 0 Å². The molecule has 2 aliphatic rings. The number of aliphatic hydroxyl groups is 1. The zero-order valence-corrected chi connectivity index (χ0v) is 11.7. The second-order valence-corrected chi connectivity index (χ2v) is 5.38. The number of nitrogens with zero attached hydrogens (tertiary/aromatic N) is 2. The minimum absolute atomic E-state index is 0.108. The Balaban J connectivity index is 0.000000686. The zero-order chi connectivity index (χ0) is 13.2. The number of carbonyl (C=O) groups excluding carboxylic acids is 1. The lowest BCUT2D eigenvalue weighted by molar-refractivity contribution is -0.153. The summed E-state index contributed by atoms with van der Waals surface area (Å²) >= 11 is 0. The number of likely N-dealkylation sites (N-methyl/N-ethyl adjacent to an activating group) is 1. The first-order valence-electron chi connectivity index (χ1n) is 6.63. The van der Waals surface area contributed by atoms with Gasteiger partial charge in [-0.1, -0.05) is 13.8 Å². The van der Waals surface area contributed by atoms with Crippen molar-refractivity contribution in [2.45, 2.75) is 58.2 Å². The summed E-state index contributed by atoms with van der Waals surface area (Å²) in [5.74, 6) is -0.108. The van der Waals surface area contributed by atoms with Crippen molar-refractivity contribution >= 4 is 5.91 Å². The van der Waals surface area contributed by atoms with E-state index in [4.69, 9.17) is 0 Å². The van der Waals surface area contributed by atoms with Crippen molar-refractivity contribution < 1.29 is 9.90 Å². The predicted molar refractivity (Wildman–Crippen MR) is 68.8 cm³/mol. The molecule has 1 amide bonds. The number of amides is 1. The SMILES string of the molecule is CC.CN1CC2CCC(C1)N2C(=O)C(C)(C)O. The van der Waals surface area contributed by atoms with Gasteiger partial charge in [-0.15, -0.1) is 0 Å². The summed E-state index contributed by atoms with van der Waals surface area (Å²) in [7, 11) is 2.09. The highest BCUT2D eigenvalue weighted by atomic mass is 16.3. The minimum Gasteiger partial charge on any atom is -0.381 e. The topological polar surface area (TPSA) is 43.8 Å². The lowest BCUT2D eigenvalue weighted by Gasteiger charge is -2.41. The molecule has 0 saturated carbocycles. The van der Waals surface area contributed by atoms with E-state index in [1.54, 1.807) is 13.8 Å². The number of hydrogen-bond acceptors (Lipinski definition) is 3. The first-order chi connectivity index (χ1) is 7.89. The van der Waals surface area contributed by atoms with Gasteiger partial charge in [0.05, 0.1) is 0 Å². The second kappa shape index (κ2) is 5.36. The molecule has 0 radical (unpaired) electrons. The van der Waals surface area contributed by atoms with E-state index in [0.29, 0.717) is 12.1 Å². The van der Waals surface area contributed by atoms with Gasteiger partial charge in [0.1, 0.15) is 5.60 Å². The molecule has 2 bridgehead atoms. The average Bonchev–Trinajstić information content (AvgIpc) is 2.51. The monoisotopic (exact) mass is 242 g/mol. The third kappa shape index (κ3) is 2.99. The molecule has 0 aromatic carbocycles. The van der Waals surface area contributed by atoms with Crippen molar-refractivity contribution in [1.82, 2.24) is 9.80 Å². The molecule has 100 valence electrons. The van der Waals surface area contributed by atoms with Gasteiger partial charge in [-0.05, 0) is 33.7 Å². The van der Waals surface area contributed by atoms with Gasteiger partial charge in [-0.25, -0.2) is 0 Å². The molecule has 17 heavy (non-hydrogen) atoms. The van der Waals surface area contributed by atoms with Gasteiger partial charge in [0.15, 0.2) is 0 Å². The van der Waals surface area contributed by atoms with Gasteiger partial charge in [-0.2, -0.15) is 0 Å². The standard InChI is InChI=1S/C11H20N2O2.C2H6/c1-11(2,15)10(14)13-8-4-5-9(13)7-12(3)6-8;1-2/h8-9,15H,4-7H2,1-3H3;1-2H3. The van der Waals surface area contributed by atoms with Crippen LogP contribution in [0.25, 0.3) is 0 Å². The smallest absolute Gasteiger partial charge is 0.254 e. The number of hydrogen-bond donors (Lipinski definition) is 1. The van der Waals surface area contributed by atoms with Gasteiger partial charge in [0.25, 0.3) is 5.91 Å². The Morgan fingerprint density at radius 1 is 1.18 bits per heavy atom. The van der Waals surface area contributed by atoms with E-state index in [1.807, 2.05) is 18.7 Å². The largest absolute Gasteiger partial charge is 0.381 e. The molecule has 0 spiro atoms. The summed E-state index contributed by atoms with van der Waals surface area (Å²) in [6, 6.07) is 0.625. The summed E-state index contributed by atoms with van der Waals surface area (Å²) in [5, 5.41) is 9.76. The highest BCUT2D eigenvalue weighted by Crippen LogP contribution is 2.31.